The summed E-state index contributed by atoms with van der Waals surface area (Å²) in [6.07, 6.45) is 3.90. The second-order valence-electron chi connectivity index (χ2n) is 5.46. The van der Waals surface area contributed by atoms with Gasteiger partial charge in [0, 0.05) is 37.5 Å². The number of carbonyl (C=O) groups is 1. The zero-order chi connectivity index (χ0) is 17.4. The number of amides is 1. The maximum atomic E-state index is 12.2. The quantitative estimate of drug-likeness (QED) is 0.779. The molecule has 24 heavy (non-hydrogen) atoms. The van der Waals surface area contributed by atoms with Crippen LogP contribution in [0.25, 0.3) is 0 Å². The average Bonchev–Trinajstić information content (AvgIpc) is 2.61. The number of ether oxygens (including phenoxy) is 2. The van der Waals surface area contributed by atoms with E-state index in [9.17, 15) is 4.79 Å². The predicted octanol–water partition coefficient (Wildman–Crippen LogP) is 2.61. The molecular formula is C18H23N3O3. The SMILES string of the molecule is COc1ccc(NC(=O)CC(C)NCc2cccnc2)c(OC)c1. The molecule has 1 aromatic carbocycles. The van der Waals surface area contributed by atoms with Gasteiger partial charge in [-0.1, -0.05) is 6.07 Å². The van der Waals surface area contributed by atoms with Gasteiger partial charge in [-0.25, -0.2) is 0 Å². The number of aromatic nitrogens is 1. The van der Waals surface area contributed by atoms with E-state index in [4.69, 9.17) is 9.47 Å². The zero-order valence-corrected chi connectivity index (χ0v) is 14.2. The summed E-state index contributed by atoms with van der Waals surface area (Å²) in [6.45, 7) is 2.65. The third kappa shape index (κ3) is 5.24. The highest BCUT2D eigenvalue weighted by molar-refractivity contribution is 5.92. The van der Waals surface area contributed by atoms with Crippen molar-refractivity contribution in [1.29, 1.82) is 0 Å². The summed E-state index contributed by atoms with van der Waals surface area (Å²) in [4.78, 5) is 16.3. The first-order valence-corrected chi connectivity index (χ1v) is 7.76. The highest BCUT2D eigenvalue weighted by Gasteiger charge is 2.12. The molecule has 6 nitrogen and oxygen atoms in total. The number of hydrogen-bond donors (Lipinski definition) is 2. The molecule has 0 saturated carbocycles. The van der Waals surface area contributed by atoms with Gasteiger partial charge < -0.3 is 20.1 Å². The molecule has 128 valence electrons. The highest BCUT2D eigenvalue weighted by atomic mass is 16.5. The molecule has 2 aromatic rings. The molecule has 0 radical (unpaired) electrons. The number of nitrogens with zero attached hydrogens (tertiary/aromatic N) is 1. The van der Waals surface area contributed by atoms with E-state index in [-0.39, 0.29) is 11.9 Å². The standard InChI is InChI=1S/C18H23N3O3/c1-13(20-12-14-5-4-8-19-11-14)9-18(22)21-16-7-6-15(23-2)10-17(16)24-3/h4-8,10-11,13,20H,9,12H2,1-3H3,(H,21,22). The number of rotatable bonds is 8. The monoisotopic (exact) mass is 329 g/mol. The first kappa shape index (κ1) is 17.7. The third-order valence-corrected chi connectivity index (χ3v) is 3.55. The number of hydrogen-bond acceptors (Lipinski definition) is 5. The smallest absolute Gasteiger partial charge is 0.226 e. The number of carbonyl (C=O) groups excluding carboxylic acids is 1. The maximum Gasteiger partial charge on any atom is 0.226 e. The first-order valence-electron chi connectivity index (χ1n) is 7.76. The van der Waals surface area contributed by atoms with E-state index in [0.717, 1.165) is 5.56 Å². The molecule has 0 saturated heterocycles. The number of pyridine rings is 1. The lowest BCUT2D eigenvalue weighted by molar-refractivity contribution is -0.116. The molecule has 0 aliphatic heterocycles. The van der Waals surface area contributed by atoms with Gasteiger partial charge in [0.25, 0.3) is 0 Å². The minimum atomic E-state index is -0.0790. The minimum Gasteiger partial charge on any atom is -0.497 e. The molecule has 0 aliphatic rings. The van der Waals surface area contributed by atoms with Crippen molar-refractivity contribution >= 4 is 11.6 Å². The van der Waals surface area contributed by atoms with Crippen molar-refractivity contribution in [3.63, 3.8) is 0 Å². The molecule has 0 aliphatic carbocycles. The molecule has 0 spiro atoms. The van der Waals surface area contributed by atoms with Crippen LogP contribution in [0.1, 0.15) is 18.9 Å². The Morgan fingerprint density at radius 3 is 2.75 bits per heavy atom. The Hall–Kier alpha value is -2.60. The molecular weight excluding hydrogens is 306 g/mol. The predicted molar refractivity (Wildman–Crippen MR) is 93.3 cm³/mol. The Bertz CT molecular complexity index is 662. The summed E-state index contributed by atoms with van der Waals surface area (Å²) in [5.41, 5.74) is 1.71. The fraction of sp³-hybridized carbons (Fsp3) is 0.333. The first-order chi connectivity index (χ1) is 11.6. The van der Waals surface area contributed by atoms with Crippen molar-refractivity contribution < 1.29 is 14.3 Å². The number of anilines is 1. The number of nitrogens with one attached hydrogen (secondary N) is 2. The summed E-state index contributed by atoms with van der Waals surface area (Å²) >= 11 is 0. The van der Waals surface area contributed by atoms with Crippen LogP contribution in [0.5, 0.6) is 11.5 Å². The van der Waals surface area contributed by atoms with Crippen molar-refractivity contribution in [1.82, 2.24) is 10.3 Å². The third-order valence-electron chi connectivity index (χ3n) is 3.55. The van der Waals surface area contributed by atoms with Gasteiger partial charge in [-0.15, -0.1) is 0 Å². The molecule has 1 amide bonds. The van der Waals surface area contributed by atoms with Crippen LogP contribution in [-0.4, -0.2) is 31.2 Å². The van der Waals surface area contributed by atoms with E-state index >= 15 is 0 Å². The van der Waals surface area contributed by atoms with Gasteiger partial charge in [0.05, 0.1) is 19.9 Å². The molecule has 1 unspecified atom stereocenters. The molecule has 0 bridgehead atoms. The molecule has 0 fully saturated rings. The van der Waals surface area contributed by atoms with Gasteiger partial charge in [-0.05, 0) is 30.7 Å². The van der Waals surface area contributed by atoms with Gasteiger partial charge in [-0.3, -0.25) is 9.78 Å². The van der Waals surface area contributed by atoms with Crippen LogP contribution in [0.3, 0.4) is 0 Å². The Morgan fingerprint density at radius 2 is 2.08 bits per heavy atom. The topological polar surface area (TPSA) is 72.5 Å². The second-order valence-corrected chi connectivity index (χ2v) is 5.46. The van der Waals surface area contributed by atoms with Gasteiger partial charge in [-0.2, -0.15) is 0 Å². The normalized spacial score (nSPS) is 11.6. The van der Waals surface area contributed by atoms with Crippen molar-refractivity contribution in [3.8, 4) is 11.5 Å². The number of methoxy groups -OCH3 is 2. The van der Waals surface area contributed by atoms with E-state index in [2.05, 4.69) is 15.6 Å². The highest BCUT2D eigenvalue weighted by Crippen LogP contribution is 2.29. The van der Waals surface area contributed by atoms with Gasteiger partial charge >= 0.3 is 0 Å². The summed E-state index contributed by atoms with van der Waals surface area (Å²) in [5.74, 6) is 1.17. The Labute approximate surface area is 142 Å². The van der Waals surface area contributed by atoms with Crippen LogP contribution < -0.4 is 20.1 Å². The zero-order valence-electron chi connectivity index (χ0n) is 14.2. The van der Waals surface area contributed by atoms with E-state index in [1.807, 2.05) is 25.3 Å². The van der Waals surface area contributed by atoms with Crippen LogP contribution >= 0.6 is 0 Å². The lowest BCUT2D eigenvalue weighted by Gasteiger charge is -2.15. The Balaban J connectivity index is 1.86. The molecule has 1 heterocycles. The van der Waals surface area contributed by atoms with Crippen molar-refractivity contribution in [2.24, 2.45) is 0 Å². The van der Waals surface area contributed by atoms with Crippen molar-refractivity contribution in [2.75, 3.05) is 19.5 Å². The summed E-state index contributed by atoms with van der Waals surface area (Å²) in [5, 5.41) is 6.18. The van der Waals surface area contributed by atoms with Gasteiger partial charge in [0.15, 0.2) is 0 Å². The lowest BCUT2D eigenvalue weighted by atomic mass is 10.2. The summed E-state index contributed by atoms with van der Waals surface area (Å²) in [6, 6.07) is 9.21. The number of benzene rings is 1. The summed E-state index contributed by atoms with van der Waals surface area (Å²) in [7, 11) is 3.14. The van der Waals surface area contributed by atoms with E-state index in [1.54, 1.807) is 38.6 Å². The minimum absolute atomic E-state index is 0.0365. The molecule has 1 aromatic heterocycles. The fourth-order valence-electron chi connectivity index (χ4n) is 2.25. The van der Waals surface area contributed by atoms with Gasteiger partial charge in [0.1, 0.15) is 11.5 Å². The largest absolute Gasteiger partial charge is 0.497 e. The van der Waals surface area contributed by atoms with E-state index in [1.165, 1.54) is 0 Å². The summed E-state index contributed by atoms with van der Waals surface area (Å²) < 4.78 is 10.4. The van der Waals surface area contributed by atoms with Crippen LogP contribution in [0.15, 0.2) is 42.7 Å². The average molecular weight is 329 g/mol. The van der Waals surface area contributed by atoms with Crippen LogP contribution in [0, 0.1) is 0 Å². The lowest BCUT2D eigenvalue weighted by Crippen LogP contribution is -2.30. The molecule has 6 heteroatoms. The van der Waals surface area contributed by atoms with E-state index in [0.29, 0.717) is 30.2 Å². The van der Waals surface area contributed by atoms with E-state index < -0.39 is 0 Å². The van der Waals surface area contributed by atoms with Gasteiger partial charge in [0.2, 0.25) is 5.91 Å². The van der Waals surface area contributed by atoms with Crippen molar-refractivity contribution in [2.45, 2.75) is 25.9 Å². The van der Waals surface area contributed by atoms with Crippen molar-refractivity contribution in [3.05, 3.63) is 48.3 Å². The molecule has 2 rings (SSSR count). The van der Waals surface area contributed by atoms with Crippen LogP contribution in [0.2, 0.25) is 0 Å². The Kier molecular flexibility index (Phi) is 6.57. The maximum absolute atomic E-state index is 12.2. The Morgan fingerprint density at radius 1 is 1.25 bits per heavy atom. The molecule has 2 N–H and O–H groups in total. The fourth-order valence-corrected chi connectivity index (χ4v) is 2.25. The van der Waals surface area contributed by atoms with Crippen LogP contribution in [0.4, 0.5) is 5.69 Å². The molecule has 1 atom stereocenters. The second kappa shape index (κ2) is 8.88. The van der Waals surface area contributed by atoms with Crippen LogP contribution in [-0.2, 0) is 11.3 Å².